The lowest BCUT2D eigenvalue weighted by Crippen LogP contribution is -2.13. The van der Waals surface area contributed by atoms with Crippen molar-refractivity contribution >= 4 is 11.9 Å². The third-order valence-corrected chi connectivity index (χ3v) is 5.08. The molecule has 0 aromatic heterocycles. The number of rotatable bonds is 11. The van der Waals surface area contributed by atoms with Gasteiger partial charge in [-0.2, -0.15) is 5.26 Å². The van der Waals surface area contributed by atoms with Crippen molar-refractivity contribution in [3.8, 4) is 11.8 Å². The minimum atomic E-state index is -1.22. The second-order valence-electron chi connectivity index (χ2n) is 7.39. The Bertz CT molecular complexity index is 910. The van der Waals surface area contributed by atoms with Gasteiger partial charge < -0.3 is 9.84 Å². The number of ether oxygens (including phenoxy) is 1. The number of hydrogen-bond donors (Lipinski definition) is 1. The summed E-state index contributed by atoms with van der Waals surface area (Å²) in [7, 11) is 0. The average molecular weight is 408 g/mol. The van der Waals surface area contributed by atoms with Gasteiger partial charge in [-0.15, -0.1) is 0 Å². The monoisotopic (exact) mass is 407 g/mol. The van der Waals surface area contributed by atoms with Crippen LogP contribution in [0.15, 0.2) is 36.4 Å². The van der Waals surface area contributed by atoms with Gasteiger partial charge in [0.15, 0.2) is 5.75 Å². The van der Waals surface area contributed by atoms with Crippen LogP contribution in [0.2, 0.25) is 0 Å². The summed E-state index contributed by atoms with van der Waals surface area (Å²) in [4.78, 5) is 24.2. The molecule has 158 valence electrons. The summed E-state index contributed by atoms with van der Waals surface area (Å²) in [5.74, 6) is -1.76. The van der Waals surface area contributed by atoms with E-state index in [0.717, 1.165) is 31.2 Å². The van der Waals surface area contributed by atoms with E-state index >= 15 is 0 Å². The number of esters is 1. The maximum Gasteiger partial charge on any atom is 0.343 e. The zero-order valence-corrected chi connectivity index (χ0v) is 17.7. The second-order valence-corrected chi connectivity index (χ2v) is 7.39. The second kappa shape index (κ2) is 11.8. The Hall–Kier alpha value is -3.13. The van der Waals surface area contributed by atoms with E-state index in [1.165, 1.54) is 25.3 Å². The molecule has 0 saturated heterocycles. The first-order valence-electron chi connectivity index (χ1n) is 10.6. The maximum atomic E-state index is 12.7. The van der Waals surface area contributed by atoms with E-state index in [2.05, 4.69) is 6.92 Å². The van der Waals surface area contributed by atoms with E-state index in [1.54, 1.807) is 18.2 Å². The summed E-state index contributed by atoms with van der Waals surface area (Å²) in [6.45, 7) is 4.21. The molecule has 5 heteroatoms. The number of carboxylic acid groups (broad SMARTS) is 1. The highest BCUT2D eigenvalue weighted by Gasteiger charge is 2.21. The Labute approximate surface area is 178 Å². The van der Waals surface area contributed by atoms with Crippen LogP contribution in [0.3, 0.4) is 0 Å². The third-order valence-electron chi connectivity index (χ3n) is 5.08. The van der Waals surface area contributed by atoms with E-state index in [9.17, 15) is 20.0 Å². The summed E-state index contributed by atoms with van der Waals surface area (Å²) in [5, 5.41) is 18.9. The van der Waals surface area contributed by atoms with Gasteiger partial charge in [0.25, 0.3) is 0 Å². The molecule has 2 aromatic rings. The van der Waals surface area contributed by atoms with Crippen molar-refractivity contribution in [1.29, 1.82) is 5.26 Å². The van der Waals surface area contributed by atoms with Crippen LogP contribution < -0.4 is 4.74 Å². The number of carboxylic acids is 1. The van der Waals surface area contributed by atoms with Crippen LogP contribution in [-0.4, -0.2) is 17.0 Å². The number of nitrogens with zero attached hydrogens (tertiary/aromatic N) is 1. The molecule has 2 aromatic carbocycles. The number of carbonyl (C=O) groups excluding carboxylic acids is 1. The fourth-order valence-electron chi connectivity index (χ4n) is 3.31. The molecule has 0 spiro atoms. The number of hydrogen-bond acceptors (Lipinski definition) is 4. The van der Waals surface area contributed by atoms with Gasteiger partial charge in [-0.3, -0.25) is 0 Å². The van der Waals surface area contributed by atoms with Gasteiger partial charge in [0.1, 0.15) is 11.6 Å². The fourth-order valence-corrected chi connectivity index (χ4v) is 3.31. The summed E-state index contributed by atoms with van der Waals surface area (Å²) in [5.41, 5.74) is 1.93. The van der Waals surface area contributed by atoms with Crippen LogP contribution in [0.4, 0.5) is 0 Å². The number of nitriles is 1. The SMILES string of the molecule is CCCCCCc1ccc(C(=O)Oc2c(CCCC)ccc(C(=O)O)c2C#N)cc1. The number of aromatic carboxylic acids is 1. The van der Waals surface area contributed by atoms with Crippen LogP contribution in [0.1, 0.15) is 89.8 Å². The van der Waals surface area contributed by atoms with Crippen LogP contribution in [0.5, 0.6) is 5.75 Å². The first-order chi connectivity index (χ1) is 14.5. The minimum Gasteiger partial charge on any atom is -0.478 e. The van der Waals surface area contributed by atoms with Crippen molar-refractivity contribution in [2.24, 2.45) is 0 Å². The highest BCUT2D eigenvalue weighted by atomic mass is 16.5. The third kappa shape index (κ3) is 6.18. The highest BCUT2D eigenvalue weighted by molar-refractivity contribution is 5.94. The summed E-state index contributed by atoms with van der Waals surface area (Å²) >= 11 is 0. The van der Waals surface area contributed by atoms with Crippen LogP contribution in [-0.2, 0) is 12.8 Å². The van der Waals surface area contributed by atoms with Crippen molar-refractivity contribution in [3.63, 3.8) is 0 Å². The molecule has 0 bridgehead atoms. The predicted molar refractivity (Wildman–Crippen MR) is 116 cm³/mol. The molecule has 0 unspecified atom stereocenters. The Balaban J connectivity index is 2.23. The molecular formula is C25H29NO4. The minimum absolute atomic E-state index is 0.0551. The van der Waals surface area contributed by atoms with Crippen LogP contribution >= 0.6 is 0 Å². The van der Waals surface area contributed by atoms with Crippen molar-refractivity contribution in [2.75, 3.05) is 0 Å². The van der Waals surface area contributed by atoms with Gasteiger partial charge >= 0.3 is 11.9 Å². The van der Waals surface area contributed by atoms with Gasteiger partial charge in [0.05, 0.1) is 11.1 Å². The zero-order valence-electron chi connectivity index (χ0n) is 17.7. The number of aryl methyl sites for hydroxylation is 2. The van der Waals surface area contributed by atoms with Crippen LogP contribution in [0, 0.1) is 11.3 Å². The van der Waals surface area contributed by atoms with Crippen molar-refractivity contribution < 1.29 is 19.4 Å². The van der Waals surface area contributed by atoms with Crippen molar-refractivity contribution in [1.82, 2.24) is 0 Å². The Morgan fingerprint density at radius 2 is 1.63 bits per heavy atom. The number of benzene rings is 2. The lowest BCUT2D eigenvalue weighted by molar-refractivity contribution is 0.0686. The largest absolute Gasteiger partial charge is 0.478 e. The van der Waals surface area contributed by atoms with E-state index < -0.39 is 11.9 Å². The maximum absolute atomic E-state index is 12.7. The summed E-state index contributed by atoms with van der Waals surface area (Å²) in [6.07, 6.45) is 8.06. The molecule has 1 N–H and O–H groups in total. The van der Waals surface area contributed by atoms with E-state index in [-0.39, 0.29) is 16.9 Å². The smallest absolute Gasteiger partial charge is 0.343 e. The van der Waals surface area contributed by atoms with Crippen LogP contribution in [0.25, 0.3) is 0 Å². The van der Waals surface area contributed by atoms with Gasteiger partial charge in [0.2, 0.25) is 0 Å². The first-order valence-corrected chi connectivity index (χ1v) is 10.6. The molecule has 0 radical (unpaired) electrons. The van der Waals surface area contributed by atoms with E-state index in [1.807, 2.05) is 25.1 Å². The van der Waals surface area contributed by atoms with Gasteiger partial charge in [-0.05, 0) is 55.0 Å². The summed E-state index contributed by atoms with van der Waals surface area (Å²) in [6, 6.07) is 12.2. The lowest BCUT2D eigenvalue weighted by Gasteiger charge is -2.13. The number of unbranched alkanes of at least 4 members (excludes halogenated alkanes) is 4. The molecule has 0 aliphatic heterocycles. The predicted octanol–water partition coefficient (Wildman–Crippen LogP) is 5.94. The quantitative estimate of drug-likeness (QED) is 0.283. The van der Waals surface area contributed by atoms with Crippen molar-refractivity contribution in [2.45, 2.75) is 65.2 Å². The van der Waals surface area contributed by atoms with E-state index in [0.29, 0.717) is 17.5 Å². The number of carbonyl (C=O) groups is 2. The Morgan fingerprint density at radius 3 is 2.23 bits per heavy atom. The molecule has 0 aliphatic rings. The topological polar surface area (TPSA) is 87.4 Å². The molecule has 30 heavy (non-hydrogen) atoms. The molecule has 5 nitrogen and oxygen atoms in total. The Kier molecular flexibility index (Phi) is 9.08. The molecule has 0 heterocycles. The fraction of sp³-hybridized carbons (Fsp3) is 0.400. The van der Waals surface area contributed by atoms with Gasteiger partial charge in [-0.25, -0.2) is 9.59 Å². The normalized spacial score (nSPS) is 10.4. The average Bonchev–Trinajstić information content (AvgIpc) is 2.75. The summed E-state index contributed by atoms with van der Waals surface area (Å²) < 4.78 is 5.57. The molecule has 2 rings (SSSR count). The zero-order chi connectivity index (χ0) is 21.9. The molecule has 0 amide bonds. The molecular weight excluding hydrogens is 378 g/mol. The van der Waals surface area contributed by atoms with Gasteiger partial charge in [0, 0.05) is 0 Å². The molecule has 0 saturated carbocycles. The van der Waals surface area contributed by atoms with Gasteiger partial charge in [-0.1, -0.05) is 57.7 Å². The Morgan fingerprint density at radius 1 is 0.933 bits per heavy atom. The lowest BCUT2D eigenvalue weighted by atomic mass is 9.99. The highest BCUT2D eigenvalue weighted by Crippen LogP contribution is 2.29. The van der Waals surface area contributed by atoms with Crippen molar-refractivity contribution in [3.05, 3.63) is 64.2 Å². The molecule has 0 aliphatic carbocycles. The first kappa shape index (κ1) is 23.2. The molecule has 0 atom stereocenters. The standard InChI is InChI=1S/C25H29NO4/c1-3-5-7-8-9-18-11-13-20(14-12-18)25(29)30-23-19(10-6-4-2)15-16-21(24(27)28)22(23)17-26/h11-16H,3-10H2,1-2H3,(H,27,28). The van der Waals surface area contributed by atoms with E-state index in [4.69, 9.17) is 4.74 Å². The molecule has 0 fully saturated rings.